The lowest BCUT2D eigenvalue weighted by Gasteiger charge is -2.21. The van der Waals surface area contributed by atoms with E-state index in [4.69, 9.17) is 4.74 Å². The van der Waals surface area contributed by atoms with Crippen LogP contribution in [0.4, 0.5) is 0 Å². The van der Waals surface area contributed by atoms with Crippen molar-refractivity contribution in [3.8, 4) is 11.3 Å². The molecule has 0 saturated carbocycles. The molecule has 2 aromatic carbocycles. The largest absolute Gasteiger partial charge is 0.465 e. The topological polar surface area (TPSA) is 82.6 Å². The lowest BCUT2D eigenvalue weighted by molar-refractivity contribution is 0.0600. The highest BCUT2D eigenvalue weighted by atomic mass is 127. The Morgan fingerprint density at radius 2 is 1.87 bits per heavy atom. The van der Waals surface area contributed by atoms with Gasteiger partial charge >= 0.3 is 5.97 Å². The van der Waals surface area contributed by atoms with Gasteiger partial charge in [-0.3, -0.25) is 4.99 Å². The van der Waals surface area contributed by atoms with Crippen LogP contribution in [0.2, 0.25) is 0 Å². The Kier molecular flexibility index (Phi) is 9.51. The van der Waals surface area contributed by atoms with Gasteiger partial charge in [-0.2, -0.15) is 0 Å². The van der Waals surface area contributed by atoms with Crippen molar-refractivity contribution in [2.45, 2.75) is 13.0 Å². The highest BCUT2D eigenvalue weighted by Crippen LogP contribution is 2.16. The predicted octanol–water partition coefficient (Wildman–Crippen LogP) is 3.73. The van der Waals surface area contributed by atoms with Gasteiger partial charge in [-0.1, -0.05) is 42.5 Å². The number of rotatable bonds is 7. The van der Waals surface area contributed by atoms with Gasteiger partial charge in [0, 0.05) is 20.6 Å². The number of hydrogen-bond donors (Lipinski definition) is 2. The molecule has 3 aromatic rings. The molecule has 0 spiro atoms. The number of nitrogens with one attached hydrogen (secondary N) is 2. The van der Waals surface area contributed by atoms with E-state index in [2.05, 4.69) is 32.4 Å². The van der Waals surface area contributed by atoms with Crippen molar-refractivity contribution in [1.29, 1.82) is 0 Å². The first-order valence-corrected chi connectivity index (χ1v) is 9.79. The number of H-pyrrole nitrogens is 1. The standard InChI is InChI=1S/C23H27N5O2.HI/c1-24-23(25-14-13-17-9-11-19(12-10-17)22(29)30-3)28(2)16-21-26-15-20(27-21)18-7-5-4-6-8-18;/h4-12,15H,13-14,16H2,1-3H3,(H,24,25)(H,26,27);1H. The molecule has 164 valence electrons. The summed E-state index contributed by atoms with van der Waals surface area (Å²) < 4.78 is 4.72. The number of benzene rings is 2. The summed E-state index contributed by atoms with van der Waals surface area (Å²) in [4.78, 5) is 25.7. The van der Waals surface area contributed by atoms with Crippen molar-refractivity contribution in [2.24, 2.45) is 4.99 Å². The fraction of sp³-hybridized carbons (Fsp3) is 0.261. The molecule has 0 unspecified atom stereocenters. The van der Waals surface area contributed by atoms with Gasteiger partial charge < -0.3 is 19.9 Å². The summed E-state index contributed by atoms with van der Waals surface area (Å²) in [5.74, 6) is 1.34. The number of methoxy groups -OCH3 is 1. The van der Waals surface area contributed by atoms with Crippen LogP contribution in [0.5, 0.6) is 0 Å². The smallest absolute Gasteiger partial charge is 0.337 e. The summed E-state index contributed by atoms with van der Waals surface area (Å²) in [6, 6.07) is 17.6. The van der Waals surface area contributed by atoms with Crippen molar-refractivity contribution in [1.82, 2.24) is 20.2 Å². The third kappa shape index (κ3) is 6.81. The summed E-state index contributed by atoms with van der Waals surface area (Å²) in [7, 11) is 5.13. The van der Waals surface area contributed by atoms with Crippen molar-refractivity contribution in [3.63, 3.8) is 0 Å². The van der Waals surface area contributed by atoms with Crippen molar-refractivity contribution >= 4 is 35.9 Å². The molecule has 1 aromatic heterocycles. The average Bonchev–Trinajstić information content (AvgIpc) is 3.25. The number of hydrogen-bond acceptors (Lipinski definition) is 4. The number of nitrogens with zero attached hydrogens (tertiary/aromatic N) is 3. The van der Waals surface area contributed by atoms with Crippen LogP contribution in [-0.4, -0.2) is 54.5 Å². The zero-order chi connectivity index (χ0) is 21.3. The number of imidazole rings is 1. The number of carbonyl (C=O) groups excluding carboxylic acids is 1. The van der Waals surface area contributed by atoms with Crippen LogP contribution in [-0.2, 0) is 17.7 Å². The zero-order valence-electron chi connectivity index (χ0n) is 18.0. The number of carbonyl (C=O) groups is 1. The maximum atomic E-state index is 11.5. The normalized spacial score (nSPS) is 10.9. The first-order valence-electron chi connectivity index (χ1n) is 9.79. The molecular formula is C23H28IN5O2. The molecule has 0 atom stereocenters. The molecule has 0 aliphatic rings. The monoisotopic (exact) mass is 533 g/mol. The molecule has 7 nitrogen and oxygen atoms in total. The van der Waals surface area contributed by atoms with Crippen LogP contribution in [0.15, 0.2) is 65.8 Å². The molecule has 3 rings (SSSR count). The van der Waals surface area contributed by atoms with E-state index in [0.29, 0.717) is 12.1 Å². The van der Waals surface area contributed by atoms with E-state index < -0.39 is 0 Å². The Balaban J connectivity index is 0.00000341. The summed E-state index contributed by atoms with van der Waals surface area (Å²) in [6.07, 6.45) is 2.67. The molecule has 0 radical (unpaired) electrons. The Morgan fingerprint density at radius 3 is 2.52 bits per heavy atom. The van der Waals surface area contributed by atoms with Gasteiger partial charge in [-0.25, -0.2) is 9.78 Å². The molecule has 0 aliphatic heterocycles. The number of aliphatic imine (C=N–C) groups is 1. The van der Waals surface area contributed by atoms with Gasteiger partial charge in [0.05, 0.1) is 31.1 Å². The third-order valence-electron chi connectivity index (χ3n) is 4.75. The van der Waals surface area contributed by atoms with E-state index in [1.807, 2.05) is 48.5 Å². The maximum Gasteiger partial charge on any atom is 0.337 e. The first-order chi connectivity index (χ1) is 14.6. The van der Waals surface area contributed by atoms with Gasteiger partial charge in [0.2, 0.25) is 0 Å². The maximum absolute atomic E-state index is 11.5. The van der Waals surface area contributed by atoms with Crippen LogP contribution in [0, 0.1) is 0 Å². The minimum Gasteiger partial charge on any atom is -0.465 e. The van der Waals surface area contributed by atoms with Crippen LogP contribution in [0.3, 0.4) is 0 Å². The quantitative estimate of drug-likeness (QED) is 0.209. The van der Waals surface area contributed by atoms with E-state index >= 15 is 0 Å². The van der Waals surface area contributed by atoms with E-state index in [-0.39, 0.29) is 29.9 Å². The molecule has 1 heterocycles. The summed E-state index contributed by atoms with van der Waals surface area (Å²) in [5, 5.41) is 3.37. The van der Waals surface area contributed by atoms with Gasteiger partial charge in [0.15, 0.2) is 5.96 Å². The van der Waals surface area contributed by atoms with Crippen molar-refractivity contribution < 1.29 is 9.53 Å². The zero-order valence-corrected chi connectivity index (χ0v) is 20.3. The van der Waals surface area contributed by atoms with Crippen LogP contribution in [0.1, 0.15) is 21.7 Å². The number of esters is 1. The predicted molar refractivity (Wildman–Crippen MR) is 134 cm³/mol. The summed E-state index contributed by atoms with van der Waals surface area (Å²) in [5.41, 5.74) is 3.79. The Labute approximate surface area is 200 Å². The molecule has 0 bridgehead atoms. The third-order valence-corrected chi connectivity index (χ3v) is 4.75. The second-order valence-corrected chi connectivity index (χ2v) is 6.88. The van der Waals surface area contributed by atoms with E-state index in [1.165, 1.54) is 7.11 Å². The number of aromatic amines is 1. The number of halogens is 1. The summed E-state index contributed by atoms with van der Waals surface area (Å²) in [6.45, 7) is 1.34. The van der Waals surface area contributed by atoms with Crippen molar-refractivity contribution in [2.75, 3.05) is 27.7 Å². The minimum atomic E-state index is -0.324. The van der Waals surface area contributed by atoms with Crippen LogP contribution < -0.4 is 5.32 Å². The van der Waals surface area contributed by atoms with Gasteiger partial charge in [-0.05, 0) is 29.7 Å². The fourth-order valence-electron chi connectivity index (χ4n) is 3.14. The second-order valence-electron chi connectivity index (χ2n) is 6.88. The first kappa shape index (κ1) is 24.4. The van der Waals surface area contributed by atoms with Crippen LogP contribution >= 0.6 is 24.0 Å². The SMILES string of the molecule is CN=C(NCCc1ccc(C(=O)OC)cc1)N(C)Cc1ncc(-c2ccccc2)[nH]1.I. The van der Waals surface area contributed by atoms with Gasteiger partial charge in [-0.15, -0.1) is 24.0 Å². The Bertz CT molecular complexity index is 987. The number of ether oxygens (including phenoxy) is 1. The molecule has 31 heavy (non-hydrogen) atoms. The molecule has 0 amide bonds. The molecule has 0 aliphatic carbocycles. The molecule has 8 heteroatoms. The number of aromatic nitrogens is 2. The molecule has 0 saturated heterocycles. The van der Waals surface area contributed by atoms with E-state index in [1.54, 1.807) is 19.2 Å². The summed E-state index contributed by atoms with van der Waals surface area (Å²) >= 11 is 0. The Morgan fingerprint density at radius 1 is 1.16 bits per heavy atom. The van der Waals surface area contributed by atoms with E-state index in [9.17, 15) is 4.79 Å². The Hall–Kier alpha value is -2.88. The lowest BCUT2D eigenvalue weighted by Crippen LogP contribution is -2.39. The van der Waals surface area contributed by atoms with Gasteiger partial charge in [0.25, 0.3) is 0 Å². The number of guanidine groups is 1. The minimum absolute atomic E-state index is 0. The molecular weight excluding hydrogens is 505 g/mol. The van der Waals surface area contributed by atoms with Crippen molar-refractivity contribution in [3.05, 3.63) is 77.7 Å². The second kappa shape index (κ2) is 12.1. The highest BCUT2D eigenvalue weighted by Gasteiger charge is 2.10. The molecule has 0 fully saturated rings. The van der Waals surface area contributed by atoms with E-state index in [0.717, 1.165) is 41.6 Å². The fourth-order valence-corrected chi connectivity index (χ4v) is 3.14. The highest BCUT2D eigenvalue weighted by molar-refractivity contribution is 14.0. The van der Waals surface area contributed by atoms with Crippen LogP contribution in [0.25, 0.3) is 11.3 Å². The average molecular weight is 533 g/mol. The van der Waals surface area contributed by atoms with Gasteiger partial charge in [0.1, 0.15) is 5.82 Å². The lowest BCUT2D eigenvalue weighted by atomic mass is 10.1. The molecule has 2 N–H and O–H groups in total.